The standard InChI is InChI=1S/C19H24ClN5O2S/c1-12(2)16-21-18(27-24-16)13(3)28-19-23-22-17(25(19)10-7-11-26-4)14-8-5-6-9-15(14)20/h5-6,8-9,12-13H,7,10-11H2,1-4H3/t13-/m1/s1. The van der Waals surface area contributed by atoms with Gasteiger partial charge in [-0.2, -0.15) is 4.98 Å². The van der Waals surface area contributed by atoms with Crippen molar-refractivity contribution in [1.29, 1.82) is 0 Å². The summed E-state index contributed by atoms with van der Waals surface area (Å²) < 4.78 is 12.7. The molecule has 150 valence electrons. The van der Waals surface area contributed by atoms with Crippen molar-refractivity contribution in [2.24, 2.45) is 0 Å². The molecule has 0 fully saturated rings. The monoisotopic (exact) mass is 421 g/mol. The minimum Gasteiger partial charge on any atom is -0.385 e. The Labute approximate surface area is 173 Å². The van der Waals surface area contributed by atoms with Crippen LogP contribution in [-0.2, 0) is 11.3 Å². The Bertz CT molecular complexity index is 911. The molecule has 7 nitrogen and oxygen atoms in total. The third-order valence-corrected chi connectivity index (χ3v) is 5.56. The average molecular weight is 422 g/mol. The molecule has 0 N–H and O–H groups in total. The van der Waals surface area contributed by atoms with Crippen molar-refractivity contribution in [1.82, 2.24) is 24.9 Å². The number of methoxy groups -OCH3 is 1. The van der Waals surface area contributed by atoms with Crippen LogP contribution in [-0.4, -0.2) is 38.6 Å². The average Bonchev–Trinajstić information content (AvgIpc) is 3.31. The van der Waals surface area contributed by atoms with Gasteiger partial charge in [0, 0.05) is 31.7 Å². The highest BCUT2D eigenvalue weighted by Crippen LogP contribution is 2.36. The SMILES string of the molecule is COCCCn1c(S[C@H](C)c2nc(C(C)C)no2)nnc1-c1ccccc1Cl. The molecule has 2 heterocycles. The van der Waals surface area contributed by atoms with Gasteiger partial charge in [-0.15, -0.1) is 10.2 Å². The summed E-state index contributed by atoms with van der Waals surface area (Å²) in [5, 5.41) is 14.2. The third kappa shape index (κ3) is 4.74. The molecule has 0 saturated carbocycles. The van der Waals surface area contributed by atoms with E-state index < -0.39 is 0 Å². The number of halogens is 1. The Kier molecular flexibility index (Phi) is 7.09. The maximum Gasteiger partial charge on any atom is 0.239 e. The summed E-state index contributed by atoms with van der Waals surface area (Å²) in [5.41, 5.74) is 0.855. The van der Waals surface area contributed by atoms with Gasteiger partial charge in [-0.25, -0.2) is 0 Å². The van der Waals surface area contributed by atoms with E-state index in [1.54, 1.807) is 7.11 Å². The van der Waals surface area contributed by atoms with Gasteiger partial charge in [0.25, 0.3) is 0 Å². The number of benzene rings is 1. The smallest absolute Gasteiger partial charge is 0.239 e. The normalized spacial score (nSPS) is 12.6. The van der Waals surface area contributed by atoms with Crippen molar-refractivity contribution in [3.05, 3.63) is 41.0 Å². The molecule has 2 aromatic heterocycles. The number of hydrogen-bond donors (Lipinski definition) is 0. The predicted molar refractivity (Wildman–Crippen MR) is 110 cm³/mol. The molecule has 3 aromatic rings. The highest BCUT2D eigenvalue weighted by atomic mass is 35.5. The molecule has 0 spiro atoms. The summed E-state index contributed by atoms with van der Waals surface area (Å²) in [4.78, 5) is 4.49. The fourth-order valence-corrected chi connectivity index (χ4v) is 3.77. The van der Waals surface area contributed by atoms with Crippen molar-refractivity contribution in [3.63, 3.8) is 0 Å². The van der Waals surface area contributed by atoms with Crippen LogP contribution >= 0.6 is 23.4 Å². The van der Waals surface area contributed by atoms with Gasteiger partial charge in [-0.1, -0.05) is 54.5 Å². The predicted octanol–water partition coefficient (Wildman–Crippen LogP) is 4.99. The first kappa shape index (κ1) is 20.8. The molecule has 0 amide bonds. The van der Waals surface area contributed by atoms with E-state index in [9.17, 15) is 0 Å². The lowest BCUT2D eigenvalue weighted by atomic mass is 10.2. The lowest BCUT2D eigenvalue weighted by Gasteiger charge is -2.12. The van der Waals surface area contributed by atoms with Crippen LogP contribution in [0.3, 0.4) is 0 Å². The zero-order valence-electron chi connectivity index (χ0n) is 16.4. The summed E-state index contributed by atoms with van der Waals surface area (Å²) in [7, 11) is 1.70. The second kappa shape index (κ2) is 9.54. The molecule has 1 atom stereocenters. The second-order valence-electron chi connectivity index (χ2n) is 6.69. The van der Waals surface area contributed by atoms with E-state index in [1.165, 1.54) is 11.8 Å². The molecule has 0 radical (unpaired) electrons. The van der Waals surface area contributed by atoms with Crippen LogP contribution in [0.2, 0.25) is 5.02 Å². The molecule has 0 bridgehead atoms. The van der Waals surface area contributed by atoms with Gasteiger partial charge in [0.15, 0.2) is 16.8 Å². The molecule has 0 unspecified atom stereocenters. The first-order valence-corrected chi connectivity index (χ1v) is 10.4. The van der Waals surface area contributed by atoms with Crippen LogP contribution in [0, 0.1) is 0 Å². The molecule has 0 saturated heterocycles. The fourth-order valence-electron chi connectivity index (χ4n) is 2.64. The lowest BCUT2D eigenvalue weighted by molar-refractivity contribution is 0.189. The molecule has 1 aromatic carbocycles. The lowest BCUT2D eigenvalue weighted by Crippen LogP contribution is -2.06. The minimum atomic E-state index is -0.0514. The number of thioether (sulfide) groups is 1. The molecule has 9 heteroatoms. The van der Waals surface area contributed by atoms with Crippen LogP contribution in [0.15, 0.2) is 33.9 Å². The molecule has 0 aliphatic carbocycles. The zero-order valence-corrected chi connectivity index (χ0v) is 18.0. The third-order valence-electron chi connectivity index (χ3n) is 4.17. The van der Waals surface area contributed by atoms with Crippen LogP contribution in [0.4, 0.5) is 0 Å². The Hall–Kier alpha value is -1.90. The second-order valence-corrected chi connectivity index (χ2v) is 8.40. The Morgan fingerprint density at radius 3 is 2.68 bits per heavy atom. The number of rotatable bonds is 9. The largest absolute Gasteiger partial charge is 0.385 e. The highest BCUT2D eigenvalue weighted by Gasteiger charge is 2.22. The maximum atomic E-state index is 6.39. The van der Waals surface area contributed by atoms with Crippen molar-refractivity contribution in [3.8, 4) is 11.4 Å². The molecule has 28 heavy (non-hydrogen) atoms. The van der Waals surface area contributed by atoms with E-state index in [1.807, 2.05) is 45.0 Å². The van der Waals surface area contributed by atoms with Gasteiger partial charge >= 0.3 is 0 Å². The van der Waals surface area contributed by atoms with Crippen molar-refractivity contribution in [2.75, 3.05) is 13.7 Å². The van der Waals surface area contributed by atoms with Gasteiger partial charge in [0.05, 0.1) is 10.3 Å². The number of ether oxygens (including phenoxy) is 1. The zero-order chi connectivity index (χ0) is 20.1. The van der Waals surface area contributed by atoms with E-state index >= 15 is 0 Å². The van der Waals surface area contributed by atoms with Crippen LogP contribution < -0.4 is 0 Å². The van der Waals surface area contributed by atoms with E-state index in [2.05, 4.69) is 24.9 Å². The van der Waals surface area contributed by atoms with E-state index in [-0.39, 0.29) is 11.2 Å². The van der Waals surface area contributed by atoms with Gasteiger partial charge in [-0.05, 0) is 25.5 Å². The van der Waals surface area contributed by atoms with Crippen molar-refractivity contribution >= 4 is 23.4 Å². The molecule has 0 aliphatic heterocycles. The number of nitrogens with zero attached hydrogens (tertiary/aromatic N) is 5. The number of hydrogen-bond acceptors (Lipinski definition) is 7. The van der Waals surface area contributed by atoms with E-state index in [0.29, 0.717) is 23.3 Å². The minimum absolute atomic E-state index is 0.0514. The van der Waals surface area contributed by atoms with Crippen LogP contribution in [0.25, 0.3) is 11.4 Å². The van der Waals surface area contributed by atoms with Crippen LogP contribution in [0.1, 0.15) is 50.1 Å². The van der Waals surface area contributed by atoms with Crippen molar-refractivity contribution in [2.45, 2.75) is 50.1 Å². The summed E-state index contributed by atoms with van der Waals surface area (Å²) in [5.74, 6) is 2.25. The molecule has 0 aliphatic rings. The van der Waals surface area contributed by atoms with Gasteiger partial charge in [-0.3, -0.25) is 0 Å². The summed E-state index contributed by atoms with van der Waals surface area (Å²) in [6.07, 6.45) is 0.839. The fraction of sp³-hybridized carbons (Fsp3) is 0.474. The Morgan fingerprint density at radius 1 is 1.21 bits per heavy atom. The van der Waals surface area contributed by atoms with Gasteiger partial charge in [0.1, 0.15) is 0 Å². The van der Waals surface area contributed by atoms with E-state index in [0.717, 1.165) is 29.5 Å². The molecule has 3 rings (SSSR count). The van der Waals surface area contributed by atoms with Crippen molar-refractivity contribution < 1.29 is 9.26 Å². The number of aromatic nitrogens is 5. The molecular formula is C19H24ClN5O2S. The quantitative estimate of drug-likeness (QED) is 0.355. The topological polar surface area (TPSA) is 78.9 Å². The summed E-state index contributed by atoms with van der Waals surface area (Å²) in [6, 6.07) is 7.64. The molecular weight excluding hydrogens is 398 g/mol. The van der Waals surface area contributed by atoms with Crippen LogP contribution in [0.5, 0.6) is 0 Å². The first-order chi connectivity index (χ1) is 13.5. The Balaban J connectivity index is 1.88. The van der Waals surface area contributed by atoms with Gasteiger partial charge < -0.3 is 13.8 Å². The summed E-state index contributed by atoms with van der Waals surface area (Å²) >= 11 is 7.93. The van der Waals surface area contributed by atoms with Gasteiger partial charge in [0.2, 0.25) is 5.89 Å². The summed E-state index contributed by atoms with van der Waals surface area (Å²) in [6.45, 7) is 7.47. The maximum absolute atomic E-state index is 6.39. The first-order valence-electron chi connectivity index (χ1n) is 9.18. The Morgan fingerprint density at radius 2 is 2.00 bits per heavy atom. The highest BCUT2D eigenvalue weighted by molar-refractivity contribution is 7.99. The van der Waals surface area contributed by atoms with E-state index in [4.69, 9.17) is 20.9 Å².